The van der Waals surface area contributed by atoms with Crippen LogP contribution in [0.4, 0.5) is 0 Å². The molecular formula is C34H40Br2N4O5. The zero-order valence-electron chi connectivity index (χ0n) is 27.3. The smallest absolute Gasteiger partial charge is 0.359 e. The number of carbonyl (C=O) groups excluding carboxylic acids is 2. The molecule has 11 heteroatoms. The molecule has 2 heterocycles. The molecule has 2 aromatic heterocycles. The lowest BCUT2D eigenvalue weighted by Crippen LogP contribution is -2.21. The molecule has 1 N–H and O–H groups in total. The standard InChI is InChI=1S/C16H17BrN2O3.C16H17BrN2O2.C2H6/c1-3-22-15(20)14-13-12(7-8-16(13,2)21)19(18-14)11-6-4-5-10(17)9-11;1-3-21-16(20)15-14-10(2)7-8-13(14)19(18-15)12-6-4-5-11(17)9-12;1-2/h4-6,9,21H,3,7-8H2,1-2H3;4-6,9-10H,3,7-8H2,1-2H3;1-2H3/i;;1D. The molecule has 0 amide bonds. The third kappa shape index (κ3) is 7.26. The summed E-state index contributed by atoms with van der Waals surface area (Å²) in [5.74, 6) is -0.466. The maximum absolute atomic E-state index is 12.2. The highest BCUT2D eigenvalue weighted by molar-refractivity contribution is 9.10. The van der Waals surface area contributed by atoms with Gasteiger partial charge in [-0.1, -0.05) is 64.7 Å². The molecule has 2 aliphatic rings. The van der Waals surface area contributed by atoms with Gasteiger partial charge < -0.3 is 14.6 Å². The van der Waals surface area contributed by atoms with Gasteiger partial charge in [0.25, 0.3) is 0 Å². The molecule has 0 spiro atoms. The van der Waals surface area contributed by atoms with E-state index < -0.39 is 11.6 Å². The summed E-state index contributed by atoms with van der Waals surface area (Å²) in [6.07, 6.45) is 3.23. The number of esters is 2. The number of ether oxygens (including phenoxy) is 2. The minimum absolute atomic E-state index is 0.208. The Morgan fingerprint density at radius 3 is 2.00 bits per heavy atom. The summed E-state index contributed by atoms with van der Waals surface area (Å²) < 4.78 is 22.0. The topological polar surface area (TPSA) is 108 Å². The fourth-order valence-electron chi connectivity index (χ4n) is 5.79. The number of hydrogen-bond acceptors (Lipinski definition) is 7. The normalized spacial score (nSPS) is 18.0. The second-order valence-corrected chi connectivity index (χ2v) is 12.6. The minimum Gasteiger partial charge on any atom is -0.461 e. The fraction of sp³-hybridized carbons (Fsp3) is 0.412. The molecule has 0 fully saturated rings. The van der Waals surface area contributed by atoms with Gasteiger partial charge in [0.2, 0.25) is 0 Å². The Kier molecular flexibility index (Phi) is 10.9. The second kappa shape index (κ2) is 14.9. The second-order valence-electron chi connectivity index (χ2n) is 10.8. The highest BCUT2D eigenvalue weighted by atomic mass is 79.9. The maximum atomic E-state index is 12.2. The molecule has 0 bridgehead atoms. The van der Waals surface area contributed by atoms with Crippen LogP contribution in [0.15, 0.2) is 57.5 Å². The van der Waals surface area contributed by atoms with E-state index in [4.69, 9.17) is 10.8 Å². The van der Waals surface area contributed by atoms with Crippen molar-refractivity contribution in [2.75, 3.05) is 13.2 Å². The van der Waals surface area contributed by atoms with Gasteiger partial charge in [-0.25, -0.2) is 19.0 Å². The molecule has 2 aliphatic carbocycles. The van der Waals surface area contributed by atoms with Crippen LogP contribution in [-0.4, -0.2) is 49.8 Å². The van der Waals surface area contributed by atoms with Crippen LogP contribution >= 0.6 is 31.9 Å². The predicted octanol–water partition coefficient (Wildman–Crippen LogP) is 7.85. The van der Waals surface area contributed by atoms with Gasteiger partial charge in [-0.05, 0) is 88.8 Å². The molecule has 240 valence electrons. The van der Waals surface area contributed by atoms with E-state index in [0.29, 0.717) is 43.5 Å². The molecule has 9 nitrogen and oxygen atoms in total. The Bertz CT molecular complexity index is 1700. The summed E-state index contributed by atoms with van der Waals surface area (Å²) in [5, 5.41) is 19.5. The van der Waals surface area contributed by atoms with Gasteiger partial charge in [0, 0.05) is 27.1 Å². The van der Waals surface area contributed by atoms with E-state index in [9.17, 15) is 14.7 Å². The summed E-state index contributed by atoms with van der Waals surface area (Å²) >= 11 is 6.92. The lowest BCUT2D eigenvalue weighted by molar-refractivity contribution is 0.0446. The highest BCUT2D eigenvalue weighted by Crippen LogP contribution is 2.40. The highest BCUT2D eigenvalue weighted by Gasteiger charge is 2.41. The fourth-order valence-corrected chi connectivity index (χ4v) is 6.57. The predicted molar refractivity (Wildman–Crippen MR) is 180 cm³/mol. The summed E-state index contributed by atoms with van der Waals surface area (Å²) in [6, 6.07) is 15.6. The first-order chi connectivity index (χ1) is 22.0. The van der Waals surface area contributed by atoms with Crippen molar-refractivity contribution in [2.45, 2.75) is 78.7 Å². The van der Waals surface area contributed by atoms with Gasteiger partial charge in [0.15, 0.2) is 11.4 Å². The van der Waals surface area contributed by atoms with E-state index in [1.807, 2.05) is 60.1 Å². The number of rotatable bonds is 6. The average Bonchev–Trinajstić information content (AvgIpc) is 3.76. The Morgan fingerprint density at radius 1 is 0.956 bits per heavy atom. The largest absolute Gasteiger partial charge is 0.461 e. The van der Waals surface area contributed by atoms with Crippen LogP contribution in [0.25, 0.3) is 11.4 Å². The number of carbonyl (C=O) groups is 2. The zero-order chi connectivity index (χ0) is 33.6. The lowest BCUT2D eigenvalue weighted by atomic mass is 9.98. The minimum atomic E-state index is -1.05. The van der Waals surface area contributed by atoms with E-state index in [1.54, 1.807) is 25.5 Å². The molecule has 2 atom stereocenters. The van der Waals surface area contributed by atoms with E-state index in [-0.39, 0.29) is 18.3 Å². The molecule has 0 saturated carbocycles. The number of aromatic nitrogens is 4. The summed E-state index contributed by atoms with van der Waals surface area (Å²) in [6.45, 7) is 10.4. The van der Waals surface area contributed by atoms with Crippen LogP contribution in [0.3, 0.4) is 0 Å². The van der Waals surface area contributed by atoms with Gasteiger partial charge in [0.1, 0.15) is 0 Å². The van der Waals surface area contributed by atoms with Crippen molar-refractivity contribution in [3.8, 4) is 11.4 Å². The van der Waals surface area contributed by atoms with E-state index in [1.165, 1.54) is 0 Å². The zero-order valence-corrected chi connectivity index (χ0v) is 29.4. The molecule has 45 heavy (non-hydrogen) atoms. The van der Waals surface area contributed by atoms with Gasteiger partial charge in [-0.15, -0.1) is 0 Å². The summed E-state index contributed by atoms with van der Waals surface area (Å²) in [5.41, 5.74) is 5.07. The Labute approximate surface area is 282 Å². The lowest BCUT2D eigenvalue weighted by Gasteiger charge is -2.16. The van der Waals surface area contributed by atoms with Crippen molar-refractivity contribution in [1.29, 1.82) is 0 Å². The van der Waals surface area contributed by atoms with Crippen molar-refractivity contribution < 1.29 is 25.5 Å². The van der Waals surface area contributed by atoms with Crippen molar-refractivity contribution in [2.24, 2.45) is 0 Å². The molecular weight excluding hydrogens is 704 g/mol. The van der Waals surface area contributed by atoms with Crippen LogP contribution < -0.4 is 0 Å². The van der Waals surface area contributed by atoms with E-state index >= 15 is 0 Å². The first-order valence-electron chi connectivity index (χ1n) is 15.8. The average molecular weight is 746 g/mol. The van der Waals surface area contributed by atoms with E-state index in [0.717, 1.165) is 50.1 Å². The Morgan fingerprint density at radius 2 is 1.47 bits per heavy atom. The van der Waals surface area contributed by atoms with Crippen LogP contribution in [0.1, 0.15) is 105 Å². The summed E-state index contributed by atoms with van der Waals surface area (Å²) in [4.78, 5) is 24.3. The molecule has 0 radical (unpaired) electrons. The quantitative estimate of drug-likeness (QED) is 0.200. The number of halogens is 2. The van der Waals surface area contributed by atoms with Crippen LogP contribution in [0, 0.1) is 0 Å². The Balaban J connectivity index is 0.000000193. The van der Waals surface area contributed by atoms with Gasteiger partial charge in [-0.3, -0.25) is 0 Å². The number of benzene rings is 2. The van der Waals surface area contributed by atoms with Crippen LogP contribution in [0.5, 0.6) is 0 Å². The van der Waals surface area contributed by atoms with Crippen molar-refractivity contribution in [1.82, 2.24) is 19.6 Å². The molecule has 2 aromatic carbocycles. The maximum Gasteiger partial charge on any atom is 0.359 e. The summed E-state index contributed by atoms with van der Waals surface area (Å²) in [7, 11) is 0. The first kappa shape index (κ1) is 33.1. The van der Waals surface area contributed by atoms with Gasteiger partial charge >= 0.3 is 11.9 Å². The number of nitrogens with zero attached hydrogens (tertiary/aromatic N) is 4. The molecule has 2 unspecified atom stereocenters. The number of aliphatic hydroxyl groups is 1. The molecule has 6 rings (SSSR count). The molecule has 4 aromatic rings. The van der Waals surface area contributed by atoms with Crippen molar-refractivity contribution in [3.63, 3.8) is 0 Å². The SMILES string of the molecule is CCOC(=O)c1nn(-c2cccc(Br)c2)c2c1C(C)(O)CC2.CCOC(=O)c1nn(-c2cccc(Br)c2)c2c1C(C)CC2.[2H]CC. The van der Waals surface area contributed by atoms with E-state index in [2.05, 4.69) is 49.0 Å². The molecule has 0 saturated heterocycles. The number of hydrogen-bond donors (Lipinski definition) is 1. The van der Waals surface area contributed by atoms with Crippen LogP contribution in [0.2, 0.25) is 0 Å². The number of fused-ring (bicyclic) bond motifs is 2. The van der Waals surface area contributed by atoms with Crippen molar-refractivity contribution >= 4 is 43.8 Å². The third-order valence-electron chi connectivity index (χ3n) is 7.74. The molecule has 0 aliphatic heterocycles. The van der Waals surface area contributed by atoms with Gasteiger partial charge in [-0.2, -0.15) is 10.2 Å². The third-order valence-corrected chi connectivity index (χ3v) is 8.73. The Hall–Kier alpha value is -3.28. The van der Waals surface area contributed by atoms with Crippen molar-refractivity contribution in [3.05, 3.63) is 91.4 Å². The first-order valence-corrected chi connectivity index (χ1v) is 16.7. The van der Waals surface area contributed by atoms with Gasteiger partial charge in [0.05, 0.1) is 35.9 Å². The monoisotopic (exact) mass is 743 g/mol. The van der Waals surface area contributed by atoms with Crippen LogP contribution in [-0.2, 0) is 27.9 Å².